The van der Waals surface area contributed by atoms with Crippen LogP contribution < -0.4 is 5.32 Å². The Labute approximate surface area is 179 Å². The lowest BCUT2D eigenvalue weighted by atomic mass is 9.98. The van der Waals surface area contributed by atoms with Gasteiger partial charge in [-0.1, -0.05) is 36.4 Å². The molecule has 0 aliphatic carbocycles. The Balaban J connectivity index is 1.47. The Kier molecular flexibility index (Phi) is 6.23. The Morgan fingerprint density at radius 2 is 1.93 bits per heavy atom. The van der Waals surface area contributed by atoms with E-state index in [1.54, 1.807) is 29.6 Å². The first-order chi connectivity index (χ1) is 14.1. The number of hydrogen-bond donors (Lipinski definition) is 1. The fourth-order valence-corrected chi connectivity index (χ4v) is 5.67. The molecule has 0 fully saturated rings. The van der Waals surface area contributed by atoms with Crippen molar-refractivity contribution in [3.8, 4) is 0 Å². The van der Waals surface area contributed by atoms with Crippen LogP contribution in [0.25, 0.3) is 0 Å². The van der Waals surface area contributed by atoms with Gasteiger partial charge in [-0.3, -0.25) is 14.5 Å². The largest absolute Gasteiger partial charge is 0.345 e. The highest BCUT2D eigenvalue weighted by molar-refractivity contribution is 7.10. The summed E-state index contributed by atoms with van der Waals surface area (Å²) in [6.07, 6.45) is 1.48. The van der Waals surface area contributed by atoms with Gasteiger partial charge in [0, 0.05) is 16.3 Å². The topological polar surface area (TPSA) is 49.4 Å². The molecule has 4 rings (SSSR count). The third-order valence-corrected chi connectivity index (χ3v) is 7.25. The molecule has 3 heterocycles. The normalized spacial score (nSPS) is 17.5. The summed E-state index contributed by atoms with van der Waals surface area (Å²) in [5.41, 5.74) is 2.36. The van der Waals surface area contributed by atoms with E-state index in [4.69, 9.17) is 0 Å². The van der Waals surface area contributed by atoms with Crippen molar-refractivity contribution in [2.45, 2.75) is 31.8 Å². The Hall–Kier alpha value is -2.28. The molecule has 0 bridgehead atoms. The van der Waals surface area contributed by atoms with Crippen LogP contribution in [0.4, 0.5) is 0 Å². The number of rotatable bonds is 7. The maximum atomic E-state index is 12.9. The van der Waals surface area contributed by atoms with Gasteiger partial charge < -0.3 is 5.32 Å². The Bertz CT molecular complexity index is 966. The first kappa shape index (κ1) is 20.0. The number of amides is 1. The fraction of sp³-hybridized carbons (Fsp3) is 0.304. The molecule has 6 heteroatoms. The van der Waals surface area contributed by atoms with E-state index in [-0.39, 0.29) is 24.3 Å². The van der Waals surface area contributed by atoms with Gasteiger partial charge in [0.25, 0.3) is 0 Å². The quantitative estimate of drug-likeness (QED) is 0.622. The molecule has 2 aromatic heterocycles. The number of Topliss-reactive ketones (excluding diaryl/α,β-unsaturated/α-hetero) is 1. The zero-order valence-electron chi connectivity index (χ0n) is 16.3. The van der Waals surface area contributed by atoms with Crippen LogP contribution in [0.5, 0.6) is 0 Å². The van der Waals surface area contributed by atoms with Crippen molar-refractivity contribution in [3.05, 3.63) is 80.2 Å². The molecule has 1 amide bonds. The summed E-state index contributed by atoms with van der Waals surface area (Å²) in [5, 5.41) is 7.19. The number of thiophene rings is 2. The predicted molar refractivity (Wildman–Crippen MR) is 119 cm³/mol. The maximum Gasteiger partial charge on any atom is 0.234 e. The van der Waals surface area contributed by atoms with Crippen molar-refractivity contribution in [2.24, 2.45) is 0 Å². The third kappa shape index (κ3) is 4.66. The van der Waals surface area contributed by atoms with Crippen LogP contribution in [-0.4, -0.2) is 35.7 Å². The average molecular weight is 425 g/mol. The van der Waals surface area contributed by atoms with Crippen molar-refractivity contribution >= 4 is 34.4 Å². The van der Waals surface area contributed by atoms with Crippen molar-refractivity contribution in [1.82, 2.24) is 10.2 Å². The van der Waals surface area contributed by atoms with Gasteiger partial charge in [0.1, 0.15) is 0 Å². The molecule has 1 aliphatic heterocycles. The van der Waals surface area contributed by atoms with Gasteiger partial charge >= 0.3 is 0 Å². The van der Waals surface area contributed by atoms with Crippen LogP contribution in [0.2, 0.25) is 0 Å². The molecule has 1 aliphatic rings. The molecule has 0 radical (unpaired) electrons. The number of fused-ring (bicyclic) bond motifs is 1. The van der Waals surface area contributed by atoms with E-state index >= 15 is 0 Å². The number of hydrogen-bond acceptors (Lipinski definition) is 5. The van der Waals surface area contributed by atoms with E-state index in [1.165, 1.54) is 15.3 Å². The highest BCUT2D eigenvalue weighted by Crippen LogP contribution is 2.39. The summed E-state index contributed by atoms with van der Waals surface area (Å²) >= 11 is 3.52. The van der Waals surface area contributed by atoms with Crippen LogP contribution >= 0.6 is 22.7 Å². The molecular formula is C23H24N2O2S2. The van der Waals surface area contributed by atoms with Crippen LogP contribution in [0.1, 0.15) is 33.8 Å². The second-order valence-corrected chi connectivity index (χ2v) is 9.34. The molecule has 3 aromatic rings. The van der Waals surface area contributed by atoms with E-state index in [2.05, 4.69) is 39.2 Å². The lowest BCUT2D eigenvalue weighted by molar-refractivity contribution is -0.127. The molecule has 150 valence electrons. The third-order valence-electron chi connectivity index (χ3n) is 5.33. The summed E-state index contributed by atoms with van der Waals surface area (Å²) in [6.45, 7) is 2.67. The van der Waals surface area contributed by atoms with Crippen molar-refractivity contribution in [3.63, 3.8) is 0 Å². The fourth-order valence-electron chi connectivity index (χ4n) is 3.89. The number of carbonyl (C=O) groups is 2. The molecule has 0 saturated carbocycles. The van der Waals surface area contributed by atoms with E-state index in [0.717, 1.165) is 18.5 Å². The molecular weight excluding hydrogens is 400 g/mol. The number of nitrogens with zero attached hydrogens (tertiary/aromatic N) is 1. The standard InChI is InChI=1S/C23H24N2O2S2/c1-16(26)19(14-17-6-3-2-4-7-17)24-22(27)15-25-11-9-20-18(10-13-29-20)23(25)21-8-5-12-28-21/h2-8,10,12-13,19,23H,9,11,14-15H2,1H3,(H,24,27)/t19-,23+/m0/s1. The van der Waals surface area contributed by atoms with Crippen molar-refractivity contribution < 1.29 is 9.59 Å². The Morgan fingerprint density at radius 1 is 1.10 bits per heavy atom. The van der Waals surface area contributed by atoms with Gasteiger partial charge in [0.2, 0.25) is 5.91 Å². The zero-order chi connectivity index (χ0) is 20.2. The summed E-state index contributed by atoms with van der Waals surface area (Å²) in [4.78, 5) is 29.9. The number of nitrogens with one attached hydrogen (secondary N) is 1. The highest BCUT2D eigenvalue weighted by Gasteiger charge is 2.32. The monoisotopic (exact) mass is 424 g/mol. The zero-order valence-corrected chi connectivity index (χ0v) is 18.0. The van der Waals surface area contributed by atoms with Crippen molar-refractivity contribution in [1.29, 1.82) is 0 Å². The van der Waals surface area contributed by atoms with Crippen LogP contribution in [0, 0.1) is 0 Å². The minimum Gasteiger partial charge on any atom is -0.345 e. The first-order valence-corrected chi connectivity index (χ1v) is 11.5. The maximum absolute atomic E-state index is 12.9. The summed E-state index contributed by atoms with van der Waals surface area (Å²) in [6, 6.07) is 15.8. The van der Waals surface area contributed by atoms with E-state index in [0.29, 0.717) is 6.42 Å². The summed E-state index contributed by atoms with van der Waals surface area (Å²) in [7, 11) is 0. The average Bonchev–Trinajstić information content (AvgIpc) is 3.40. The second kappa shape index (κ2) is 9.03. The number of ketones is 1. The lowest BCUT2D eigenvalue weighted by Crippen LogP contribution is -2.48. The second-order valence-electron chi connectivity index (χ2n) is 7.36. The van der Waals surface area contributed by atoms with Gasteiger partial charge in [0.05, 0.1) is 18.6 Å². The van der Waals surface area contributed by atoms with Gasteiger partial charge in [0.15, 0.2) is 5.78 Å². The lowest BCUT2D eigenvalue weighted by Gasteiger charge is -2.35. The molecule has 1 aromatic carbocycles. The van der Waals surface area contributed by atoms with Gasteiger partial charge in [-0.2, -0.15) is 0 Å². The SMILES string of the molecule is CC(=O)[C@H](Cc1ccccc1)NC(=O)CN1CCc2sccc2[C@@H]1c1cccs1. The summed E-state index contributed by atoms with van der Waals surface area (Å²) < 4.78 is 0. The molecule has 0 saturated heterocycles. The van der Waals surface area contributed by atoms with E-state index in [1.807, 2.05) is 30.3 Å². The first-order valence-electron chi connectivity index (χ1n) is 9.79. The predicted octanol–water partition coefficient (Wildman–Crippen LogP) is 4.07. The van der Waals surface area contributed by atoms with Crippen LogP contribution in [0.15, 0.2) is 59.3 Å². The summed E-state index contributed by atoms with van der Waals surface area (Å²) in [5.74, 6) is -0.114. The van der Waals surface area contributed by atoms with Gasteiger partial charge in [-0.15, -0.1) is 22.7 Å². The molecule has 1 N–H and O–H groups in total. The Morgan fingerprint density at radius 3 is 2.66 bits per heavy atom. The van der Waals surface area contributed by atoms with Gasteiger partial charge in [-0.05, 0) is 53.8 Å². The van der Waals surface area contributed by atoms with E-state index in [9.17, 15) is 9.59 Å². The molecule has 0 spiro atoms. The minimum absolute atomic E-state index is 0.0178. The molecule has 29 heavy (non-hydrogen) atoms. The van der Waals surface area contributed by atoms with Gasteiger partial charge in [-0.25, -0.2) is 0 Å². The highest BCUT2D eigenvalue weighted by atomic mass is 32.1. The molecule has 4 nitrogen and oxygen atoms in total. The van der Waals surface area contributed by atoms with Crippen molar-refractivity contribution in [2.75, 3.05) is 13.1 Å². The van der Waals surface area contributed by atoms with Crippen LogP contribution in [-0.2, 0) is 22.4 Å². The smallest absolute Gasteiger partial charge is 0.234 e. The number of benzene rings is 1. The number of carbonyl (C=O) groups excluding carboxylic acids is 2. The minimum atomic E-state index is -0.494. The molecule has 0 unspecified atom stereocenters. The molecule has 2 atom stereocenters. The van der Waals surface area contributed by atoms with Crippen LogP contribution in [0.3, 0.4) is 0 Å². The van der Waals surface area contributed by atoms with E-state index < -0.39 is 6.04 Å².